The van der Waals surface area contributed by atoms with Gasteiger partial charge in [0.15, 0.2) is 0 Å². The zero-order valence-electron chi connectivity index (χ0n) is 5.96. The molecule has 3 nitrogen and oxygen atoms in total. The zero-order valence-corrected chi connectivity index (χ0v) is 5.96. The lowest BCUT2D eigenvalue weighted by Gasteiger charge is -2.17. The molecular formula is C6H14N2O. The van der Waals surface area contributed by atoms with Crippen molar-refractivity contribution in [3.8, 4) is 0 Å². The van der Waals surface area contributed by atoms with E-state index >= 15 is 0 Å². The number of aliphatic hydroxyl groups is 1. The Hall–Kier alpha value is -0.120. The van der Waals surface area contributed by atoms with Gasteiger partial charge in [0.2, 0.25) is 0 Å². The van der Waals surface area contributed by atoms with Crippen LogP contribution in [0.25, 0.3) is 0 Å². The van der Waals surface area contributed by atoms with Crippen molar-refractivity contribution < 1.29 is 5.11 Å². The summed E-state index contributed by atoms with van der Waals surface area (Å²) >= 11 is 0. The Morgan fingerprint density at radius 1 is 1.67 bits per heavy atom. The van der Waals surface area contributed by atoms with Crippen LogP contribution in [0.5, 0.6) is 0 Å². The molecule has 1 fully saturated rings. The van der Waals surface area contributed by atoms with E-state index < -0.39 is 0 Å². The molecule has 1 rings (SSSR count). The third kappa shape index (κ3) is 1.23. The Morgan fingerprint density at radius 3 is 2.56 bits per heavy atom. The minimum atomic E-state index is -0.282. The van der Waals surface area contributed by atoms with Crippen molar-refractivity contribution in [2.45, 2.75) is 18.7 Å². The summed E-state index contributed by atoms with van der Waals surface area (Å²) in [5.74, 6) is 0. The van der Waals surface area contributed by atoms with Gasteiger partial charge in [-0.15, -0.1) is 0 Å². The van der Waals surface area contributed by atoms with Crippen molar-refractivity contribution in [1.29, 1.82) is 0 Å². The molecule has 0 aromatic heterocycles. The maximum atomic E-state index is 9.32. The average molecular weight is 130 g/mol. The fraction of sp³-hybridized carbons (Fsp3) is 1.00. The van der Waals surface area contributed by atoms with Crippen LogP contribution in [0.4, 0.5) is 0 Å². The van der Waals surface area contributed by atoms with Crippen LogP contribution >= 0.6 is 0 Å². The second-order valence-corrected chi connectivity index (χ2v) is 2.58. The molecule has 1 aliphatic heterocycles. The monoisotopic (exact) mass is 130 g/mol. The lowest BCUT2D eigenvalue weighted by Crippen LogP contribution is -2.38. The predicted molar refractivity (Wildman–Crippen MR) is 36.1 cm³/mol. The third-order valence-corrected chi connectivity index (χ3v) is 1.98. The Balaban J connectivity index is 2.41. The van der Waals surface area contributed by atoms with E-state index in [4.69, 9.17) is 0 Å². The number of hydrogen-bond acceptors (Lipinski definition) is 3. The molecule has 2 unspecified atom stereocenters. The molecule has 9 heavy (non-hydrogen) atoms. The van der Waals surface area contributed by atoms with E-state index in [1.807, 2.05) is 19.0 Å². The fourth-order valence-electron chi connectivity index (χ4n) is 1.22. The highest BCUT2D eigenvalue weighted by Gasteiger charge is 2.27. The van der Waals surface area contributed by atoms with Gasteiger partial charge < -0.3 is 10.4 Å². The summed E-state index contributed by atoms with van der Waals surface area (Å²) in [6, 6.07) is 0.273. The minimum absolute atomic E-state index is 0.273. The minimum Gasteiger partial charge on any atom is -0.377 e. The normalized spacial score (nSPS) is 37.7. The molecule has 3 heteroatoms. The first kappa shape index (κ1) is 6.99. The SMILES string of the molecule is CNC1CCN(C)C1O. The standard InChI is InChI=1S/C6H14N2O/c1-7-5-3-4-8(2)6(5)9/h5-7,9H,3-4H2,1-2H3. The second kappa shape index (κ2) is 2.64. The van der Waals surface area contributed by atoms with Crippen LogP contribution < -0.4 is 5.32 Å². The van der Waals surface area contributed by atoms with E-state index in [1.54, 1.807) is 0 Å². The molecule has 0 bridgehead atoms. The van der Waals surface area contributed by atoms with Crippen LogP contribution in [0.15, 0.2) is 0 Å². The molecule has 2 atom stereocenters. The van der Waals surface area contributed by atoms with Crippen molar-refractivity contribution in [2.75, 3.05) is 20.6 Å². The van der Waals surface area contributed by atoms with Crippen LogP contribution in [0.3, 0.4) is 0 Å². The van der Waals surface area contributed by atoms with Gasteiger partial charge in [-0.25, -0.2) is 0 Å². The molecule has 54 valence electrons. The summed E-state index contributed by atoms with van der Waals surface area (Å²) in [7, 11) is 3.81. The first-order valence-corrected chi connectivity index (χ1v) is 3.31. The first-order valence-electron chi connectivity index (χ1n) is 3.31. The van der Waals surface area contributed by atoms with E-state index in [9.17, 15) is 5.11 Å². The molecule has 1 aliphatic rings. The van der Waals surface area contributed by atoms with Crippen molar-refractivity contribution in [2.24, 2.45) is 0 Å². The van der Waals surface area contributed by atoms with Crippen molar-refractivity contribution >= 4 is 0 Å². The molecule has 0 radical (unpaired) electrons. The average Bonchev–Trinajstić information content (AvgIpc) is 2.15. The summed E-state index contributed by atoms with van der Waals surface area (Å²) < 4.78 is 0. The van der Waals surface area contributed by atoms with E-state index in [0.717, 1.165) is 13.0 Å². The smallest absolute Gasteiger partial charge is 0.122 e. The molecule has 1 saturated heterocycles. The van der Waals surface area contributed by atoms with E-state index in [1.165, 1.54) is 0 Å². The summed E-state index contributed by atoms with van der Waals surface area (Å²) in [6.45, 7) is 0.993. The summed E-state index contributed by atoms with van der Waals surface area (Å²) in [4.78, 5) is 1.95. The van der Waals surface area contributed by atoms with Gasteiger partial charge in [-0.3, -0.25) is 4.90 Å². The van der Waals surface area contributed by atoms with Gasteiger partial charge in [0.1, 0.15) is 6.23 Å². The number of aliphatic hydroxyl groups excluding tert-OH is 1. The molecule has 0 aromatic carbocycles. The number of nitrogens with zero attached hydrogens (tertiary/aromatic N) is 1. The van der Waals surface area contributed by atoms with Crippen molar-refractivity contribution in [3.63, 3.8) is 0 Å². The molecule has 0 spiro atoms. The highest BCUT2D eigenvalue weighted by molar-refractivity contribution is 4.81. The van der Waals surface area contributed by atoms with Gasteiger partial charge >= 0.3 is 0 Å². The second-order valence-electron chi connectivity index (χ2n) is 2.58. The fourth-order valence-corrected chi connectivity index (χ4v) is 1.22. The maximum Gasteiger partial charge on any atom is 0.122 e. The van der Waals surface area contributed by atoms with Crippen LogP contribution in [-0.4, -0.2) is 42.9 Å². The van der Waals surface area contributed by atoms with Gasteiger partial charge in [-0.05, 0) is 20.5 Å². The summed E-state index contributed by atoms with van der Waals surface area (Å²) in [5, 5.41) is 12.4. The lowest BCUT2D eigenvalue weighted by atomic mass is 10.2. The van der Waals surface area contributed by atoms with Crippen LogP contribution in [-0.2, 0) is 0 Å². The van der Waals surface area contributed by atoms with E-state index in [2.05, 4.69) is 5.32 Å². The van der Waals surface area contributed by atoms with Gasteiger partial charge in [0.05, 0.1) is 0 Å². The third-order valence-electron chi connectivity index (χ3n) is 1.98. The lowest BCUT2D eigenvalue weighted by molar-refractivity contribution is 0.0390. The van der Waals surface area contributed by atoms with Gasteiger partial charge in [-0.1, -0.05) is 0 Å². The van der Waals surface area contributed by atoms with Crippen LogP contribution in [0.1, 0.15) is 6.42 Å². The molecule has 0 aliphatic carbocycles. The number of likely N-dealkylation sites (N-methyl/N-ethyl adjacent to an activating group) is 2. The highest BCUT2D eigenvalue weighted by atomic mass is 16.3. The van der Waals surface area contributed by atoms with E-state index in [-0.39, 0.29) is 12.3 Å². The molecule has 1 heterocycles. The first-order chi connectivity index (χ1) is 4.25. The number of nitrogens with one attached hydrogen (secondary N) is 1. The van der Waals surface area contributed by atoms with Gasteiger partial charge in [-0.2, -0.15) is 0 Å². The Morgan fingerprint density at radius 2 is 2.33 bits per heavy atom. The Labute approximate surface area is 55.7 Å². The van der Waals surface area contributed by atoms with Gasteiger partial charge in [0.25, 0.3) is 0 Å². The Bertz CT molecular complexity index is 97.1. The predicted octanol–water partition coefficient (Wildman–Crippen LogP) is -0.772. The maximum absolute atomic E-state index is 9.32. The summed E-state index contributed by atoms with van der Waals surface area (Å²) in [5.41, 5.74) is 0. The van der Waals surface area contributed by atoms with E-state index in [0.29, 0.717) is 0 Å². The molecule has 0 amide bonds. The van der Waals surface area contributed by atoms with Crippen molar-refractivity contribution in [3.05, 3.63) is 0 Å². The quantitative estimate of drug-likeness (QED) is 0.489. The summed E-state index contributed by atoms with van der Waals surface area (Å²) in [6.07, 6.45) is 0.767. The van der Waals surface area contributed by atoms with Crippen LogP contribution in [0, 0.1) is 0 Å². The number of hydrogen-bond donors (Lipinski definition) is 2. The number of likely N-dealkylation sites (tertiary alicyclic amines) is 1. The molecular weight excluding hydrogens is 116 g/mol. The Kier molecular flexibility index (Phi) is 2.05. The zero-order chi connectivity index (χ0) is 6.85. The number of rotatable bonds is 1. The molecule has 0 aromatic rings. The van der Waals surface area contributed by atoms with Gasteiger partial charge in [0, 0.05) is 12.6 Å². The highest BCUT2D eigenvalue weighted by Crippen LogP contribution is 2.11. The molecule has 2 N–H and O–H groups in total. The molecule has 0 saturated carbocycles. The van der Waals surface area contributed by atoms with Crippen LogP contribution in [0.2, 0.25) is 0 Å². The largest absolute Gasteiger partial charge is 0.377 e. The topological polar surface area (TPSA) is 35.5 Å². The van der Waals surface area contributed by atoms with Crippen molar-refractivity contribution in [1.82, 2.24) is 10.2 Å².